The van der Waals surface area contributed by atoms with Gasteiger partial charge in [-0.1, -0.05) is 32.0 Å². The number of carboxylic acids is 1. The highest BCUT2D eigenvalue weighted by atomic mass is 16.4. The first kappa shape index (κ1) is 12.6. The van der Waals surface area contributed by atoms with Gasteiger partial charge in [-0.2, -0.15) is 0 Å². The van der Waals surface area contributed by atoms with Gasteiger partial charge in [-0.05, 0) is 30.4 Å². The highest BCUT2D eigenvalue weighted by Crippen LogP contribution is 2.30. The molecule has 16 heavy (non-hydrogen) atoms. The fourth-order valence-corrected chi connectivity index (χ4v) is 1.90. The molecule has 1 aromatic rings. The van der Waals surface area contributed by atoms with Crippen molar-refractivity contribution < 1.29 is 15.0 Å². The third-order valence-electron chi connectivity index (χ3n) is 2.95. The van der Waals surface area contributed by atoms with Gasteiger partial charge in [0.2, 0.25) is 0 Å². The van der Waals surface area contributed by atoms with Gasteiger partial charge in [0, 0.05) is 0 Å². The summed E-state index contributed by atoms with van der Waals surface area (Å²) in [7, 11) is 0. The van der Waals surface area contributed by atoms with Crippen molar-refractivity contribution in [2.45, 2.75) is 32.6 Å². The van der Waals surface area contributed by atoms with E-state index in [1.165, 1.54) is 0 Å². The number of carboxylic acid groups (broad SMARTS) is 1. The molecule has 3 heteroatoms. The van der Waals surface area contributed by atoms with Gasteiger partial charge in [0.25, 0.3) is 0 Å². The minimum atomic E-state index is -0.759. The molecule has 0 aliphatic heterocycles. The van der Waals surface area contributed by atoms with Gasteiger partial charge in [0.15, 0.2) is 0 Å². The van der Waals surface area contributed by atoms with Gasteiger partial charge < -0.3 is 10.2 Å². The number of phenols is 1. The molecule has 0 heterocycles. The maximum Gasteiger partial charge on any atom is 0.306 e. The van der Waals surface area contributed by atoms with Crippen molar-refractivity contribution in [3.05, 3.63) is 29.8 Å². The van der Waals surface area contributed by atoms with E-state index >= 15 is 0 Å². The molecule has 2 unspecified atom stereocenters. The molecule has 0 bridgehead atoms. The average Bonchev–Trinajstić information content (AvgIpc) is 2.25. The fraction of sp³-hybridized carbons (Fsp3) is 0.462. The topological polar surface area (TPSA) is 57.5 Å². The Hall–Kier alpha value is -1.51. The third kappa shape index (κ3) is 2.99. The Kier molecular flexibility index (Phi) is 4.35. The van der Waals surface area contributed by atoms with Crippen LogP contribution in [0.15, 0.2) is 24.3 Å². The monoisotopic (exact) mass is 222 g/mol. The van der Waals surface area contributed by atoms with E-state index in [1.807, 2.05) is 26.0 Å². The van der Waals surface area contributed by atoms with Crippen molar-refractivity contribution in [1.29, 1.82) is 0 Å². The number of benzene rings is 1. The molecular weight excluding hydrogens is 204 g/mol. The minimum Gasteiger partial charge on any atom is -0.508 e. The van der Waals surface area contributed by atoms with E-state index in [0.29, 0.717) is 12.8 Å². The van der Waals surface area contributed by atoms with Gasteiger partial charge in [-0.3, -0.25) is 4.79 Å². The Labute approximate surface area is 95.7 Å². The molecule has 0 aliphatic rings. The number of hydrogen-bond acceptors (Lipinski definition) is 2. The summed E-state index contributed by atoms with van der Waals surface area (Å²) < 4.78 is 0. The minimum absolute atomic E-state index is 0.0576. The quantitative estimate of drug-likeness (QED) is 0.805. The van der Waals surface area contributed by atoms with Crippen LogP contribution in [0.4, 0.5) is 0 Å². The summed E-state index contributed by atoms with van der Waals surface area (Å²) in [6.45, 7) is 3.82. The van der Waals surface area contributed by atoms with Gasteiger partial charge in [-0.25, -0.2) is 0 Å². The molecular formula is C13H18O3. The first-order valence-corrected chi connectivity index (χ1v) is 5.57. The van der Waals surface area contributed by atoms with Crippen molar-refractivity contribution in [2.24, 2.45) is 5.92 Å². The van der Waals surface area contributed by atoms with Crippen LogP contribution in [0.2, 0.25) is 0 Å². The van der Waals surface area contributed by atoms with Crippen LogP contribution in [0.3, 0.4) is 0 Å². The van der Waals surface area contributed by atoms with Crippen molar-refractivity contribution in [3.63, 3.8) is 0 Å². The second kappa shape index (κ2) is 5.54. The normalized spacial score (nSPS) is 14.4. The highest BCUT2D eigenvalue weighted by molar-refractivity contribution is 5.70. The molecule has 0 saturated carbocycles. The summed E-state index contributed by atoms with van der Waals surface area (Å²) in [5.41, 5.74) is 0.821. The summed E-state index contributed by atoms with van der Waals surface area (Å²) in [6, 6.07) is 7.09. The summed E-state index contributed by atoms with van der Waals surface area (Å²) >= 11 is 0. The number of carbonyl (C=O) groups is 1. The van der Waals surface area contributed by atoms with Crippen LogP contribution in [0.5, 0.6) is 5.75 Å². The molecule has 3 nitrogen and oxygen atoms in total. The number of aliphatic carboxylic acids is 1. The lowest BCUT2D eigenvalue weighted by atomic mass is 9.88. The first-order chi connectivity index (χ1) is 7.56. The highest BCUT2D eigenvalue weighted by Gasteiger charge is 2.20. The Balaban J connectivity index is 2.75. The van der Waals surface area contributed by atoms with Crippen LogP contribution >= 0.6 is 0 Å². The Morgan fingerprint density at radius 2 is 2.00 bits per heavy atom. The maximum absolute atomic E-state index is 10.9. The van der Waals surface area contributed by atoms with Gasteiger partial charge in [0.05, 0.1) is 5.92 Å². The van der Waals surface area contributed by atoms with E-state index in [9.17, 15) is 9.90 Å². The molecule has 2 N–H and O–H groups in total. The summed E-state index contributed by atoms with van der Waals surface area (Å²) in [4.78, 5) is 10.9. The number of para-hydroxylation sites is 1. The number of rotatable bonds is 5. The predicted octanol–water partition coefficient (Wildman–Crippen LogP) is 3.00. The van der Waals surface area contributed by atoms with E-state index < -0.39 is 5.97 Å². The van der Waals surface area contributed by atoms with E-state index in [0.717, 1.165) is 5.56 Å². The molecule has 2 atom stereocenters. The smallest absolute Gasteiger partial charge is 0.306 e. The molecule has 0 spiro atoms. The molecule has 0 fully saturated rings. The SMILES string of the molecule is CCC(CC(C)c1ccccc1O)C(=O)O. The van der Waals surface area contributed by atoms with E-state index in [2.05, 4.69) is 0 Å². The van der Waals surface area contributed by atoms with Crippen LogP contribution in [-0.2, 0) is 4.79 Å². The fourth-order valence-electron chi connectivity index (χ4n) is 1.90. The van der Waals surface area contributed by atoms with Crippen LogP contribution in [0.25, 0.3) is 0 Å². The van der Waals surface area contributed by atoms with Crippen molar-refractivity contribution in [1.82, 2.24) is 0 Å². The summed E-state index contributed by atoms with van der Waals surface area (Å²) in [6.07, 6.45) is 1.18. The molecule has 1 aromatic carbocycles. The predicted molar refractivity (Wildman–Crippen MR) is 62.6 cm³/mol. The lowest BCUT2D eigenvalue weighted by molar-refractivity contribution is -0.142. The van der Waals surface area contributed by atoms with Crippen molar-refractivity contribution >= 4 is 5.97 Å². The Morgan fingerprint density at radius 1 is 1.38 bits per heavy atom. The van der Waals surface area contributed by atoms with Crippen LogP contribution in [-0.4, -0.2) is 16.2 Å². The van der Waals surface area contributed by atoms with Gasteiger partial charge >= 0.3 is 5.97 Å². The van der Waals surface area contributed by atoms with E-state index in [4.69, 9.17) is 5.11 Å². The molecule has 88 valence electrons. The zero-order valence-corrected chi connectivity index (χ0v) is 9.68. The van der Waals surface area contributed by atoms with Crippen molar-refractivity contribution in [3.8, 4) is 5.75 Å². The average molecular weight is 222 g/mol. The second-order valence-electron chi connectivity index (χ2n) is 4.14. The second-order valence-corrected chi connectivity index (χ2v) is 4.14. The zero-order chi connectivity index (χ0) is 12.1. The summed E-state index contributed by atoms with van der Waals surface area (Å²) in [5.74, 6) is -0.795. The zero-order valence-electron chi connectivity index (χ0n) is 9.68. The van der Waals surface area contributed by atoms with E-state index in [-0.39, 0.29) is 17.6 Å². The van der Waals surface area contributed by atoms with Crippen LogP contribution < -0.4 is 0 Å². The lowest BCUT2D eigenvalue weighted by Crippen LogP contribution is -2.15. The maximum atomic E-state index is 10.9. The molecule has 1 rings (SSSR count). The van der Waals surface area contributed by atoms with Gasteiger partial charge in [-0.15, -0.1) is 0 Å². The van der Waals surface area contributed by atoms with E-state index in [1.54, 1.807) is 12.1 Å². The number of phenolic OH excluding ortho intramolecular Hbond substituents is 1. The standard InChI is InChI=1S/C13H18O3/c1-3-10(13(15)16)8-9(2)11-6-4-5-7-12(11)14/h4-7,9-10,14H,3,8H2,1-2H3,(H,15,16). The van der Waals surface area contributed by atoms with Crippen LogP contribution in [0.1, 0.15) is 38.2 Å². The molecule has 0 radical (unpaired) electrons. The summed E-state index contributed by atoms with van der Waals surface area (Å²) in [5, 5.41) is 18.6. The number of hydrogen-bond donors (Lipinski definition) is 2. The lowest BCUT2D eigenvalue weighted by Gasteiger charge is -2.17. The third-order valence-corrected chi connectivity index (χ3v) is 2.95. The first-order valence-electron chi connectivity index (χ1n) is 5.57. The molecule has 0 aliphatic carbocycles. The largest absolute Gasteiger partial charge is 0.508 e. The number of aromatic hydroxyl groups is 1. The molecule has 0 amide bonds. The molecule has 0 aromatic heterocycles. The Morgan fingerprint density at radius 3 is 2.50 bits per heavy atom. The van der Waals surface area contributed by atoms with Crippen molar-refractivity contribution in [2.75, 3.05) is 0 Å². The Bertz CT molecular complexity index is 360. The molecule has 0 saturated heterocycles. The van der Waals surface area contributed by atoms with Crippen LogP contribution in [0, 0.1) is 5.92 Å². The van der Waals surface area contributed by atoms with Gasteiger partial charge in [0.1, 0.15) is 5.75 Å².